The summed E-state index contributed by atoms with van der Waals surface area (Å²) in [5.41, 5.74) is 0. The van der Waals surface area contributed by atoms with Crippen LogP contribution in [0.3, 0.4) is 0 Å². The van der Waals surface area contributed by atoms with Crippen molar-refractivity contribution in [2.45, 2.75) is 129 Å². The minimum atomic E-state index is -0.720. The molecule has 1 amide bonds. The van der Waals surface area contributed by atoms with Crippen LogP contribution >= 0.6 is 11.8 Å². The van der Waals surface area contributed by atoms with Crippen LogP contribution in [0.1, 0.15) is 117 Å². The number of esters is 1. The summed E-state index contributed by atoms with van der Waals surface area (Å²) in [5, 5.41) is 30.5. The van der Waals surface area contributed by atoms with Gasteiger partial charge >= 0.3 is 18.0 Å². The van der Waals surface area contributed by atoms with E-state index in [0.717, 1.165) is 69.3 Å². The first kappa shape index (κ1) is 47.3. The van der Waals surface area contributed by atoms with E-state index in [1.54, 1.807) is 6.08 Å². The van der Waals surface area contributed by atoms with Gasteiger partial charge in [-0.05, 0) is 57.1 Å². The Morgan fingerprint density at radius 1 is 0.729 bits per heavy atom. The molecule has 48 heavy (non-hydrogen) atoms. The van der Waals surface area contributed by atoms with Gasteiger partial charge in [-0.25, -0.2) is 4.79 Å². The minimum Gasteiger partial charge on any atom is -0.481 e. The summed E-state index contributed by atoms with van der Waals surface area (Å²) in [6.45, 7) is 5.08. The van der Waals surface area contributed by atoms with Gasteiger partial charge in [0.15, 0.2) is 0 Å². The summed E-state index contributed by atoms with van der Waals surface area (Å²) in [7, 11) is 1.35. The molecule has 2 unspecified atom stereocenters. The van der Waals surface area contributed by atoms with Crippen LogP contribution in [0.25, 0.3) is 0 Å². The standard InChI is InChI=1S/C19H33NO5.C19H32O3S/c1-3-4-7-12-17(21)13-8-5-6-10-15-20-19(23)25-16-11-9-14-18(22)24-2;1-2-3-8-13-18(20)14-9-4-6-11-16-23-17-12-7-5-10-15-19(21)22/h5-6,8,13,17,21H,3-4,7,9-12,14-16H2,1-2H3,(H,20,23);4,6-7,9,12,14,18,20H,2-3,5,8,10-11,13,15-17H2,1H3,(H,21,22)/b6-5-,13-8+;6-4-,12-7-,14-9+. The molecule has 0 aliphatic heterocycles. The lowest BCUT2D eigenvalue weighted by Crippen LogP contribution is -2.25. The van der Waals surface area contributed by atoms with Gasteiger partial charge in [0.1, 0.15) is 0 Å². The average molecular weight is 696 g/mol. The third-order valence-corrected chi connectivity index (χ3v) is 7.71. The number of aliphatic hydroxyl groups is 2. The molecule has 9 nitrogen and oxygen atoms in total. The first-order valence-electron chi connectivity index (χ1n) is 17.7. The molecule has 276 valence electrons. The van der Waals surface area contributed by atoms with Crippen molar-refractivity contribution in [3.05, 3.63) is 60.8 Å². The van der Waals surface area contributed by atoms with Crippen molar-refractivity contribution in [2.75, 3.05) is 31.8 Å². The van der Waals surface area contributed by atoms with E-state index in [0.29, 0.717) is 32.2 Å². The van der Waals surface area contributed by atoms with Gasteiger partial charge in [-0.1, -0.05) is 113 Å². The maximum Gasteiger partial charge on any atom is 0.407 e. The molecule has 0 aromatic carbocycles. The van der Waals surface area contributed by atoms with Crippen molar-refractivity contribution in [3.8, 4) is 0 Å². The number of amides is 1. The van der Waals surface area contributed by atoms with Crippen LogP contribution in [0.2, 0.25) is 0 Å². The topological polar surface area (TPSA) is 142 Å². The monoisotopic (exact) mass is 695 g/mol. The second-order valence-corrected chi connectivity index (χ2v) is 12.4. The highest BCUT2D eigenvalue weighted by Crippen LogP contribution is 2.07. The summed E-state index contributed by atoms with van der Waals surface area (Å²) in [5.74, 6) is 1.08. The van der Waals surface area contributed by atoms with E-state index in [2.05, 4.69) is 42.1 Å². The van der Waals surface area contributed by atoms with Gasteiger partial charge < -0.3 is 30.1 Å². The molecule has 4 N–H and O–H groups in total. The number of nitrogens with one attached hydrogen (secondary N) is 1. The molecular formula is C38H65NO8S. The molecule has 0 saturated heterocycles. The molecule has 0 aromatic rings. The first-order chi connectivity index (χ1) is 23.3. The van der Waals surface area contributed by atoms with Crippen molar-refractivity contribution >= 4 is 29.8 Å². The molecule has 0 saturated carbocycles. The van der Waals surface area contributed by atoms with E-state index in [9.17, 15) is 24.6 Å². The van der Waals surface area contributed by atoms with Crippen LogP contribution in [0.4, 0.5) is 4.79 Å². The molecule has 0 radical (unpaired) electrons. The number of alkyl carbamates (subject to hydrolysis) is 1. The fourth-order valence-electron chi connectivity index (χ4n) is 3.94. The zero-order valence-corrected chi connectivity index (χ0v) is 30.7. The predicted octanol–water partition coefficient (Wildman–Crippen LogP) is 8.47. The Balaban J connectivity index is 0. The maximum absolute atomic E-state index is 11.4. The van der Waals surface area contributed by atoms with E-state index in [4.69, 9.17) is 9.84 Å². The second-order valence-electron chi connectivity index (χ2n) is 11.3. The molecular weight excluding hydrogens is 630 g/mol. The lowest BCUT2D eigenvalue weighted by molar-refractivity contribution is -0.141. The number of carbonyl (C=O) groups is 3. The molecule has 0 fully saturated rings. The number of aliphatic hydroxyl groups excluding tert-OH is 2. The Hall–Kier alpha value is -2.82. The molecule has 0 heterocycles. The lowest BCUT2D eigenvalue weighted by atomic mass is 10.1. The second kappa shape index (κ2) is 38.6. The SMILES string of the molecule is CCCCCC(O)/C=C/C=C\CCNC(=O)OCCCCC(=O)OC.CCCCCC(O)/C=C/C=C\CCSC/C=C\CCCC(=O)O. The van der Waals surface area contributed by atoms with Crippen molar-refractivity contribution in [2.24, 2.45) is 0 Å². The van der Waals surface area contributed by atoms with Gasteiger partial charge in [0, 0.05) is 25.1 Å². The number of carboxylic acids is 1. The zero-order chi connectivity index (χ0) is 35.9. The quantitative estimate of drug-likeness (QED) is 0.0262. The van der Waals surface area contributed by atoms with Gasteiger partial charge in [0.25, 0.3) is 0 Å². The van der Waals surface area contributed by atoms with E-state index in [-0.39, 0.29) is 31.2 Å². The number of hydrogen-bond donors (Lipinski definition) is 4. The van der Waals surface area contributed by atoms with Crippen molar-refractivity contribution < 1.29 is 39.2 Å². The number of carbonyl (C=O) groups excluding carboxylic acids is 2. The van der Waals surface area contributed by atoms with Crippen LogP contribution in [0, 0.1) is 0 Å². The van der Waals surface area contributed by atoms with Gasteiger partial charge in [-0.15, -0.1) is 0 Å². The molecule has 0 aliphatic carbocycles. The summed E-state index contributed by atoms with van der Waals surface area (Å²) >= 11 is 1.87. The molecule has 0 aliphatic rings. The zero-order valence-electron chi connectivity index (χ0n) is 29.9. The number of carboxylic acid groups (broad SMARTS) is 1. The molecule has 10 heteroatoms. The fourth-order valence-corrected chi connectivity index (χ4v) is 4.68. The van der Waals surface area contributed by atoms with Crippen LogP contribution in [-0.4, -0.2) is 77.3 Å². The number of ether oxygens (including phenoxy) is 2. The van der Waals surface area contributed by atoms with E-state index in [1.165, 1.54) is 20.0 Å². The number of rotatable bonds is 29. The lowest BCUT2D eigenvalue weighted by Gasteiger charge is -2.05. The Morgan fingerprint density at radius 3 is 1.94 bits per heavy atom. The number of hydrogen-bond acceptors (Lipinski definition) is 8. The Morgan fingerprint density at radius 2 is 1.35 bits per heavy atom. The summed E-state index contributed by atoms with van der Waals surface area (Å²) < 4.78 is 9.51. The number of unbranched alkanes of at least 4 members (excludes halogenated alkanes) is 6. The fraction of sp³-hybridized carbons (Fsp3) is 0.658. The van der Waals surface area contributed by atoms with E-state index in [1.807, 2.05) is 48.2 Å². The normalized spacial score (nSPS) is 12.9. The first-order valence-corrected chi connectivity index (χ1v) is 18.9. The van der Waals surface area contributed by atoms with Crippen LogP contribution in [0.5, 0.6) is 0 Å². The largest absolute Gasteiger partial charge is 0.481 e. The van der Waals surface area contributed by atoms with Gasteiger partial charge in [-0.3, -0.25) is 9.59 Å². The van der Waals surface area contributed by atoms with Crippen LogP contribution in [0.15, 0.2) is 60.8 Å². The van der Waals surface area contributed by atoms with Gasteiger partial charge in [0.2, 0.25) is 0 Å². The molecule has 0 bridgehead atoms. The van der Waals surface area contributed by atoms with Gasteiger partial charge in [0.05, 0.1) is 25.9 Å². The van der Waals surface area contributed by atoms with E-state index < -0.39 is 12.1 Å². The number of allylic oxidation sites excluding steroid dienone is 6. The number of aliphatic carboxylic acids is 1. The van der Waals surface area contributed by atoms with Crippen LogP contribution < -0.4 is 5.32 Å². The molecule has 0 spiro atoms. The molecule has 0 aromatic heterocycles. The molecule has 0 rings (SSSR count). The summed E-state index contributed by atoms with van der Waals surface area (Å²) in [4.78, 5) is 32.6. The third kappa shape index (κ3) is 41.2. The van der Waals surface area contributed by atoms with Crippen molar-refractivity contribution in [1.82, 2.24) is 5.32 Å². The molecule has 2 atom stereocenters. The minimum absolute atomic E-state index is 0.251. The van der Waals surface area contributed by atoms with Crippen molar-refractivity contribution in [3.63, 3.8) is 0 Å². The predicted molar refractivity (Wildman–Crippen MR) is 199 cm³/mol. The summed E-state index contributed by atoms with van der Waals surface area (Å²) in [6.07, 6.45) is 31.9. The maximum atomic E-state index is 11.4. The smallest absolute Gasteiger partial charge is 0.407 e. The summed E-state index contributed by atoms with van der Waals surface area (Å²) in [6, 6.07) is 0. The average Bonchev–Trinajstić information content (AvgIpc) is 3.06. The van der Waals surface area contributed by atoms with Gasteiger partial charge in [-0.2, -0.15) is 11.8 Å². The van der Waals surface area contributed by atoms with Crippen molar-refractivity contribution in [1.29, 1.82) is 0 Å². The highest BCUT2D eigenvalue weighted by molar-refractivity contribution is 7.99. The Labute approximate surface area is 295 Å². The highest BCUT2D eigenvalue weighted by Gasteiger charge is 2.03. The van der Waals surface area contributed by atoms with Crippen LogP contribution in [-0.2, 0) is 19.1 Å². The van der Waals surface area contributed by atoms with E-state index >= 15 is 0 Å². The highest BCUT2D eigenvalue weighted by atomic mass is 32.2. The number of thioether (sulfide) groups is 1. The Bertz CT molecular complexity index is 916. The Kier molecular flexibility index (Phi) is 38.1. The number of methoxy groups -OCH3 is 1. The third-order valence-electron chi connectivity index (χ3n) is 6.76.